The first-order chi connectivity index (χ1) is 16.0. The van der Waals surface area contributed by atoms with E-state index in [2.05, 4.69) is 20.6 Å². The van der Waals surface area contributed by atoms with E-state index < -0.39 is 0 Å². The maximum absolute atomic E-state index is 12.7. The molecule has 0 radical (unpaired) electrons. The van der Waals surface area contributed by atoms with E-state index in [1.54, 1.807) is 7.11 Å². The number of aryl methyl sites for hydroxylation is 2. The summed E-state index contributed by atoms with van der Waals surface area (Å²) >= 11 is 1.34. The number of para-hydroxylation sites is 1. The molecule has 170 valence electrons. The number of carbonyl (C=O) groups is 1. The normalized spacial score (nSPS) is 10.9. The van der Waals surface area contributed by atoms with Crippen molar-refractivity contribution in [3.05, 3.63) is 66.0 Å². The van der Waals surface area contributed by atoms with Crippen LogP contribution in [0.1, 0.15) is 18.3 Å². The zero-order valence-corrected chi connectivity index (χ0v) is 19.9. The number of rotatable bonds is 8. The molecule has 8 nitrogen and oxygen atoms in total. The van der Waals surface area contributed by atoms with Crippen LogP contribution in [0.25, 0.3) is 17.1 Å². The maximum atomic E-state index is 12.7. The number of hydrogen-bond acceptors (Lipinski definition) is 6. The number of hydrogen-bond donors (Lipinski definition) is 1. The van der Waals surface area contributed by atoms with Crippen molar-refractivity contribution in [2.75, 3.05) is 18.2 Å². The smallest absolute Gasteiger partial charge is 0.234 e. The Bertz CT molecular complexity index is 1250. The van der Waals surface area contributed by atoms with Crippen LogP contribution in [-0.2, 0) is 11.3 Å². The van der Waals surface area contributed by atoms with Crippen molar-refractivity contribution in [2.45, 2.75) is 32.5 Å². The van der Waals surface area contributed by atoms with Gasteiger partial charge in [0.1, 0.15) is 5.75 Å². The van der Waals surface area contributed by atoms with Gasteiger partial charge in [-0.15, -0.1) is 10.2 Å². The third-order valence-electron chi connectivity index (χ3n) is 5.27. The van der Waals surface area contributed by atoms with E-state index in [9.17, 15) is 4.79 Å². The molecule has 4 aromatic rings. The summed E-state index contributed by atoms with van der Waals surface area (Å²) in [6, 6.07) is 17.5. The van der Waals surface area contributed by atoms with E-state index >= 15 is 0 Å². The van der Waals surface area contributed by atoms with E-state index in [4.69, 9.17) is 4.74 Å². The molecule has 2 heterocycles. The molecule has 1 amide bonds. The van der Waals surface area contributed by atoms with Gasteiger partial charge in [-0.2, -0.15) is 5.10 Å². The van der Waals surface area contributed by atoms with Crippen molar-refractivity contribution < 1.29 is 9.53 Å². The Morgan fingerprint density at radius 3 is 2.42 bits per heavy atom. The van der Waals surface area contributed by atoms with Gasteiger partial charge >= 0.3 is 0 Å². The molecule has 1 N–H and O–H groups in total. The van der Waals surface area contributed by atoms with Crippen LogP contribution in [0.3, 0.4) is 0 Å². The molecule has 0 spiro atoms. The fourth-order valence-corrected chi connectivity index (χ4v) is 4.34. The summed E-state index contributed by atoms with van der Waals surface area (Å²) in [5.41, 5.74) is 4.35. The van der Waals surface area contributed by atoms with Crippen molar-refractivity contribution >= 4 is 23.4 Å². The van der Waals surface area contributed by atoms with Gasteiger partial charge in [0.2, 0.25) is 5.91 Å². The number of nitrogens with one attached hydrogen (secondary N) is 1. The van der Waals surface area contributed by atoms with Crippen molar-refractivity contribution in [3.8, 4) is 22.8 Å². The monoisotopic (exact) mass is 462 g/mol. The second-order valence-electron chi connectivity index (χ2n) is 7.40. The number of thioether (sulfide) groups is 1. The summed E-state index contributed by atoms with van der Waals surface area (Å²) in [7, 11) is 1.64. The minimum absolute atomic E-state index is 0.115. The topological polar surface area (TPSA) is 86.9 Å². The number of benzene rings is 2. The molecule has 0 atom stereocenters. The molecule has 0 aliphatic heterocycles. The summed E-state index contributed by atoms with van der Waals surface area (Å²) in [6.07, 6.45) is 0. The van der Waals surface area contributed by atoms with Gasteiger partial charge < -0.3 is 10.1 Å². The largest absolute Gasteiger partial charge is 0.497 e. The highest BCUT2D eigenvalue weighted by atomic mass is 32.2. The van der Waals surface area contributed by atoms with Gasteiger partial charge in [-0.25, -0.2) is 0 Å². The lowest BCUT2D eigenvalue weighted by atomic mass is 10.2. The molecular weight excluding hydrogens is 436 g/mol. The number of methoxy groups -OCH3 is 1. The highest BCUT2D eigenvalue weighted by molar-refractivity contribution is 7.99. The second kappa shape index (κ2) is 9.91. The van der Waals surface area contributed by atoms with Crippen LogP contribution in [-0.4, -0.2) is 43.3 Å². The first kappa shape index (κ1) is 22.6. The first-order valence-electron chi connectivity index (χ1n) is 10.6. The molecule has 4 rings (SSSR count). The highest BCUT2D eigenvalue weighted by Crippen LogP contribution is 2.29. The lowest BCUT2D eigenvalue weighted by Gasteiger charge is -2.11. The number of aromatic nitrogens is 5. The minimum Gasteiger partial charge on any atom is -0.497 e. The lowest BCUT2D eigenvalue weighted by molar-refractivity contribution is -0.113. The Balaban J connectivity index is 1.58. The predicted octanol–water partition coefficient (Wildman–Crippen LogP) is 4.51. The summed E-state index contributed by atoms with van der Waals surface area (Å²) in [5, 5.41) is 16.9. The fraction of sp³-hybridized carbons (Fsp3) is 0.250. The standard InChI is InChI=1S/C24H26N6O2S/c1-5-29-17(3)22(16(2)28-29)25-21(31)15-33-24-27-26-23(18-11-13-20(32-4)14-12-18)30(24)19-9-7-6-8-10-19/h6-14H,5,15H2,1-4H3,(H,25,31). The zero-order chi connectivity index (χ0) is 23.4. The van der Waals surface area contributed by atoms with Crippen molar-refractivity contribution in [2.24, 2.45) is 0 Å². The molecule has 0 bridgehead atoms. The van der Waals surface area contributed by atoms with E-state index in [0.717, 1.165) is 40.6 Å². The van der Waals surface area contributed by atoms with Gasteiger partial charge in [-0.1, -0.05) is 30.0 Å². The van der Waals surface area contributed by atoms with Crippen LogP contribution < -0.4 is 10.1 Å². The Labute approximate surface area is 197 Å². The molecule has 0 unspecified atom stereocenters. The quantitative estimate of drug-likeness (QED) is 0.388. The molecule has 2 aromatic carbocycles. The van der Waals surface area contributed by atoms with Gasteiger partial charge in [-0.05, 0) is 57.2 Å². The average Bonchev–Trinajstić information content (AvgIpc) is 3.39. The van der Waals surface area contributed by atoms with E-state index in [1.807, 2.05) is 84.6 Å². The molecule has 0 saturated carbocycles. The molecule has 0 aliphatic rings. The fourth-order valence-electron chi connectivity index (χ4n) is 3.59. The first-order valence-corrected chi connectivity index (χ1v) is 11.6. The minimum atomic E-state index is -0.115. The van der Waals surface area contributed by atoms with Gasteiger partial charge in [-0.3, -0.25) is 14.0 Å². The lowest BCUT2D eigenvalue weighted by Crippen LogP contribution is -2.16. The van der Waals surface area contributed by atoms with Crippen LogP contribution in [0.2, 0.25) is 0 Å². The molecule has 9 heteroatoms. The van der Waals surface area contributed by atoms with Crippen LogP contribution in [0.4, 0.5) is 5.69 Å². The number of nitrogens with zero attached hydrogens (tertiary/aromatic N) is 5. The Morgan fingerprint density at radius 2 is 1.79 bits per heavy atom. The maximum Gasteiger partial charge on any atom is 0.234 e. The van der Waals surface area contributed by atoms with Gasteiger partial charge in [0.05, 0.1) is 29.9 Å². The number of anilines is 1. The molecular formula is C24H26N6O2S. The van der Waals surface area contributed by atoms with Crippen LogP contribution >= 0.6 is 11.8 Å². The Kier molecular flexibility index (Phi) is 6.79. The van der Waals surface area contributed by atoms with E-state index in [-0.39, 0.29) is 11.7 Å². The molecule has 0 fully saturated rings. The number of ether oxygens (including phenoxy) is 1. The van der Waals surface area contributed by atoms with Gasteiger partial charge in [0.15, 0.2) is 11.0 Å². The van der Waals surface area contributed by atoms with Gasteiger partial charge in [0.25, 0.3) is 0 Å². The SMILES string of the molecule is CCn1nc(C)c(NC(=O)CSc2nnc(-c3ccc(OC)cc3)n2-c2ccccc2)c1C. The summed E-state index contributed by atoms with van der Waals surface area (Å²) in [6.45, 7) is 6.64. The molecule has 0 saturated heterocycles. The Hall–Kier alpha value is -3.59. The number of amides is 1. The zero-order valence-electron chi connectivity index (χ0n) is 19.1. The third kappa shape index (κ3) is 4.78. The van der Waals surface area contributed by atoms with Crippen LogP contribution in [0, 0.1) is 13.8 Å². The number of carbonyl (C=O) groups excluding carboxylic acids is 1. The van der Waals surface area contributed by atoms with Crippen LogP contribution in [0.5, 0.6) is 5.75 Å². The van der Waals surface area contributed by atoms with Crippen molar-refractivity contribution in [1.29, 1.82) is 0 Å². The summed E-state index contributed by atoms with van der Waals surface area (Å²) in [4.78, 5) is 12.7. The second-order valence-corrected chi connectivity index (χ2v) is 8.35. The van der Waals surface area contributed by atoms with E-state index in [1.165, 1.54) is 11.8 Å². The van der Waals surface area contributed by atoms with Crippen molar-refractivity contribution in [1.82, 2.24) is 24.5 Å². The molecule has 33 heavy (non-hydrogen) atoms. The predicted molar refractivity (Wildman–Crippen MR) is 130 cm³/mol. The Morgan fingerprint density at radius 1 is 1.06 bits per heavy atom. The highest BCUT2D eigenvalue weighted by Gasteiger charge is 2.19. The summed E-state index contributed by atoms with van der Waals surface area (Å²) in [5.74, 6) is 1.55. The van der Waals surface area contributed by atoms with Crippen molar-refractivity contribution in [3.63, 3.8) is 0 Å². The third-order valence-corrected chi connectivity index (χ3v) is 6.20. The average molecular weight is 463 g/mol. The molecule has 0 aliphatic carbocycles. The van der Waals surface area contributed by atoms with Crippen LogP contribution in [0.15, 0.2) is 59.8 Å². The molecule has 2 aromatic heterocycles. The van der Waals surface area contributed by atoms with Gasteiger partial charge in [0, 0.05) is 17.8 Å². The van der Waals surface area contributed by atoms with E-state index in [0.29, 0.717) is 11.0 Å². The summed E-state index contributed by atoms with van der Waals surface area (Å²) < 4.78 is 9.11.